The van der Waals surface area contributed by atoms with E-state index in [1.165, 1.54) is 12.1 Å². The lowest BCUT2D eigenvalue weighted by Gasteiger charge is -2.15. The molecule has 0 heterocycles. The van der Waals surface area contributed by atoms with Crippen molar-refractivity contribution in [3.8, 4) is 5.75 Å². The monoisotopic (exact) mass is 277 g/mol. The summed E-state index contributed by atoms with van der Waals surface area (Å²) in [6.45, 7) is 3.91. The van der Waals surface area contributed by atoms with Crippen molar-refractivity contribution in [2.24, 2.45) is 0 Å². The highest BCUT2D eigenvalue weighted by Gasteiger charge is 2.10. The Bertz CT molecular complexity index is 613. The SMILES string of the molecule is Cc1ccc(C(C)NCc2cccc(F)c2O)cc1F. The van der Waals surface area contributed by atoms with Crippen molar-refractivity contribution in [3.63, 3.8) is 0 Å². The molecule has 1 unspecified atom stereocenters. The number of nitrogens with one attached hydrogen (secondary N) is 1. The molecule has 0 aliphatic carbocycles. The topological polar surface area (TPSA) is 32.3 Å². The summed E-state index contributed by atoms with van der Waals surface area (Å²) < 4.78 is 26.7. The van der Waals surface area contributed by atoms with Gasteiger partial charge in [-0.25, -0.2) is 8.78 Å². The Balaban J connectivity index is 2.06. The van der Waals surface area contributed by atoms with E-state index in [4.69, 9.17) is 0 Å². The molecule has 0 aliphatic heterocycles. The zero-order valence-corrected chi connectivity index (χ0v) is 11.5. The zero-order valence-electron chi connectivity index (χ0n) is 11.5. The van der Waals surface area contributed by atoms with Crippen molar-refractivity contribution >= 4 is 0 Å². The predicted octanol–water partition coefficient (Wildman–Crippen LogP) is 3.83. The molecule has 20 heavy (non-hydrogen) atoms. The van der Waals surface area contributed by atoms with Crippen molar-refractivity contribution in [1.82, 2.24) is 5.32 Å². The summed E-state index contributed by atoms with van der Waals surface area (Å²) in [7, 11) is 0. The van der Waals surface area contributed by atoms with E-state index in [1.807, 2.05) is 13.0 Å². The van der Waals surface area contributed by atoms with Crippen LogP contribution in [0.2, 0.25) is 0 Å². The van der Waals surface area contributed by atoms with E-state index in [-0.39, 0.29) is 17.6 Å². The van der Waals surface area contributed by atoms with Crippen molar-refractivity contribution in [2.45, 2.75) is 26.4 Å². The second-order valence-electron chi connectivity index (χ2n) is 4.86. The van der Waals surface area contributed by atoms with Gasteiger partial charge in [0.25, 0.3) is 0 Å². The van der Waals surface area contributed by atoms with E-state index >= 15 is 0 Å². The number of phenolic OH excluding ortho intramolecular Hbond substituents is 1. The Kier molecular flexibility index (Phi) is 4.35. The van der Waals surface area contributed by atoms with Crippen LogP contribution in [0.25, 0.3) is 0 Å². The highest BCUT2D eigenvalue weighted by molar-refractivity contribution is 5.33. The summed E-state index contributed by atoms with van der Waals surface area (Å²) in [6, 6.07) is 9.35. The van der Waals surface area contributed by atoms with Gasteiger partial charge in [-0.15, -0.1) is 0 Å². The first-order chi connectivity index (χ1) is 9.49. The summed E-state index contributed by atoms with van der Waals surface area (Å²) in [5.74, 6) is -1.23. The Morgan fingerprint density at radius 2 is 1.90 bits per heavy atom. The van der Waals surface area contributed by atoms with Crippen LogP contribution in [0.15, 0.2) is 36.4 Å². The van der Waals surface area contributed by atoms with Gasteiger partial charge in [-0.3, -0.25) is 0 Å². The van der Waals surface area contributed by atoms with E-state index in [9.17, 15) is 13.9 Å². The lowest BCUT2D eigenvalue weighted by molar-refractivity contribution is 0.420. The third kappa shape index (κ3) is 3.14. The van der Waals surface area contributed by atoms with E-state index in [2.05, 4.69) is 5.32 Å². The maximum atomic E-state index is 13.5. The molecular weight excluding hydrogens is 260 g/mol. The number of hydrogen-bond acceptors (Lipinski definition) is 2. The highest BCUT2D eigenvalue weighted by Crippen LogP contribution is 2.22. The van der Waals surface area contributed by atoms with Crippen LogP contribution >= 0.6 is 0 Å². The Morgan fingerprint density at radius 1 is 1.15 bits per heavy atom. The van der Waals surface area contributed by atoms with Crippen molar-refractivity contribution in [1.29, 1.82) is 0 Å². The smallest absolute Gasteiger partial charge is 0.165 e. The van der Waals surface area contributed by atoms with Gasteiger partial charge in [0.05, 0.1) is 0 Å². The van der Waals surface area contributed by atoms with E-state index in [1.54, 1.807) is 25.1 Å². The molecule has 0 amide bonds. The molecule has 4 heteroatoms. The van der Waals surface area contributed by atoms with Gasteiger partial charge in [0.1, 0.15) is 5.82 Å². The summed E-state index contributed by atoms with van der Waals surface area (Å²) in [5, 5.41) is 12.7. The van der Waals surface area contributed by atoms with Gasteiger partial charge in [-0.1, -0.05) is 24.3 Å². The third-order valence-electron chi connectivity index (χ3n) is 3.36. The van der Waals surface area contributed by atoms with Gasteiger partial charge in [-0.05, 0) is 37.1 Å². The molecule has 0 spiro atoms. The Morgan fingerprint density at radius 3 is 2.60 bits per heavy atom. The van der Waals surface area contributed by atoms with Crippen molar-refractivity contribution in [3.05, 3.63) is 64.7 Å². The molecule has 1 atom stereocenters. The number of aromatic hydroxyl groups is 1. The van der Waals surface area contributed by atoms with Crippen LogP contribution in [-0.2, 0) is 6.54 Å². The molecule has 0 fully saturated rings. The molecule has 0 bridgehead atoms. The normalized spacial score (nSPS) is 12.4. The van der Waals surface area contributed by atoms with Gasteiger partial charge in [0.15, 0.2) is 11.6 Å². The first kappa shape index (κ1) is 14.5. The number of rotatable bonds is 4. The van der Waals surface area contributed by atoms with Crippen LogP contribution in [0.4, 0.5) is 8.78 Å². The summed E-state index contributed by atoms with van der Waals surface area (Å²) >= 11 is 0. The standard InChI is InChI=1S/C16H17F2NO/c1-10-6-7-12(8-15(10)18)11(2)19-9-13-4-3-5-14(17)16(13)20/h3-8,11,19-20H,9H2,1-2H3. The largest absolute Gasteiger partial charge is 0.505 e. The lowest BCUT2D eigenvalue weighted by Crippen LogP contribution is -2.18. The molecular formula is C16H17F2NO. The van der Waals surface area contributed by atoms with E-state index in [0.29, 0.717) is 17.7 Å². The molecule has 2 N–H and O–H groups in total. The Labute approximate surface area is 117 Å². The van der Waals surface area contributed by atoms with Crippen LogP contribution < -0.4 is 5.32 Å². The average molecular weight is 277 g/mol. The van der Waals surface area contributed by atoms with Crippen LogP contribution in [0, 0.1) is 18.6 Å². The van der Waals surface area contributed by atoms with Gasteiger partial charge in [0, 0.05) is 18.2 Å². The van der Waals surface area contributed by atoms with Gasteiger partial charge in [-0.2, -0.15) is 0 Å². The van der Waals surface area contributed by atoms with Crippen LogP contribution in [-0.4, -0.2) is 5.11 Å². The molecule has 0 saturated carbocycles. The minimum atomic E-state index is -0.640. The number of phenols is 1. The van der Waals surface area contributed by atoms with Crippen LogP contribution in [0.5, 0.6) is 5.75 Å². The average Bonchev–Trinajstić information content (AvgIpc) is 2.43. The van der Waals surface area contributed by atoms with Gasteiger partial charge < -0.3 is 10.4 Å². The summed E-state index contributed by atoms with van der Waals surface area (Å²) in [4.78, 5) is 0. The quantitative estimate of drug-likeness (QED) is 0.890. The fourth-order valence-corrected chi connectivity index (χ4v) is 1.96. The second-order valence-corrected chi connectivity index (χ2v) is 4.86. The molecule has 2 aromatic carbocycles. The Hall–Kier alpha value is -1.94. The zero-order chi connectivity index (χ0) is 14.7. The molecule has 0 radical (unpaired) electrons. The molecule has 2 rings (SSSR count). The maximum Gasteiger partial charge on any atom is 0.165 e. The number of halogens is 2. The van der Waals surface area contributed by atoms with Gasteiger partial charge >= 0.3 is 0 Å². The molecule has 0 aromatic heterocycles. The third-order valence-corrected chi connectivity index (χ3v) is 3.36. The number of para-hydroxylation sites is 1. The summed E-state index contributed by atoms with van der Waals surface area (Å²) in [5.41, 5.74) is 1.89. The number of benzene rings is 2. The minimum absolute atomic E-state index is 0.104. The molecule has 2 aromatic rings. The minimum Gasteiger partial charge on any atom is -0.505 e. The van der Waals surface area contributed by atoms with Crippen LogP contribution in [0.3, 0.4) is 0 Å². The summed E-state index contributed by atoms with van der Waals surface area (Å²) in [6.07, 6.45) is 0. The van der Waals surface area contributed by atoms with Crippen LogP contribution in [0.1, 0.15) is 29.7 Å². The van der Waals surface area contributed by atoms with Crippen molar-refractivity contribution in [2.75, 3.05) is 0 Å². The second kappa shape index (κ2) is 6.01. The molecule has 2 nitrogen and oxygen atoms in total. The van der Waals surface area contributed by atoms with E-state index in [0.717, 1.165) is 5.56 Å². The van der Waals surface area contributed by atoms with Crippen molar-refractivity contribution < 1.29 is 13.9 Å². The number of hydrogen-bond donors (Lipinski definition) is 2. The number of aryl methyl sites for hydroxylation is 1. The predicted molar refractivity (Wildman–Crippen MR) is 74.5 cm³/mol. The fraction of sp³-hybridized carbons (Fsp3) is 0.250. The molecule has 0 aliphatic rings. The lowest BCUT2D eigenvalue weighted by atomic mass is 10.1. The van der Waals surface area contributed by atoms with Gasteiger partial charge in [0.2, 0.25) is 0 Å². The maximum absolute atomic E-state index is 13.5. The first-order valence-corrected chi connectivity index (χ1v) is 6.45. The molecule has 106 valence electrons. The fourth-order valence-electron chi connectivity index (χ4n) is 1.96. The molecule has 0 saturated heterocycles. The van der Waals surface area contributed by atoms with E-state index < -0.39 is 5.82 Å². The highest BCUT2D eigenvalue weighted by atomic mass is 19.1. The first-order valence-electron chi connectivity index (χ1n) is 6.45.